The SMILES string of the molecule is C=CCn1cc[n+](CCCC(=O)O)c1. The third-order valence-corrected chi connectivity index (χ3v) is 1.89. The third kappa shape index (κ3) is 3.43. The molecule has 0 aliphatic rings. The van der Waals surface area contributed by atoms with Gasteiger partial charge < -0.3 is 5.11 Å². The van der Waals surface area contributed by atoms with Crippen LogP contribution in [0.3, 0.4) is 0 Å². The predicted molar refractivity (Wildman–Crippen MR) is 51.7 cm³/mol. The summed E-state index contributed by atoms with van der Waals surface area (Å²) in [6.07, 6.45) is 8.54. The summed E-state index contributed by atoms with van der Waals surface area (Å²) in [4.78, 5) is 10.3. The van der Waals surface area contributed by atoms with E-state index in [-0.39, 0.29) is 6.42 Å². The summed E-state index contributed by atoms with van der Waals surface area (Å²) in [5, 5.41) is 8.45. The molecule has 14 heavy (non-hydrogen) atoms. The molecule has 0 amide bonds. The second-order valence-corrected chi connectivity index (χ2v) is 3.13. The Bertz CT molecular complexity index is 318. The van der Waals surface area contributed by atoms with Crippen molar-refractivity contribution in [1.29, 1.82) is 0 Å². The first-order chi connectivity index (χ1) is 6.72. The smallest absolute Gasteiger partial charge is 0.303 e. The van der Waals surface area contributed by atoms with Crippen LogP contribution in [0.25, 0.3) is 0 Å². The number of allylic oxidation sites excluding steroid dienone is 1. The summed E-state index contributed by atoms with van der Waals surface area (Å²) in [6.45, 7) is 5.17. The van der Waals surface area contributed by atoms with E-state index < -0.39 is 5.97 Å². The van der Waals surface area contributed by atoms with Crippen LogP contribution in [0.2, 0.25) is 0 Å². The Balaban J connectivity index is 2.35. The van der Waals surface area contributed by atoms with E-state index >= 15 is 0 Å². The molecule has 0 fully saturated rings. The zero-order valence-electron chi connectivity index (χ0n) is 8.09. The molecule has 76 valence electrons. The van der Waals surface area contributed by atoms with Crippen molar-refractivity contribution in [3.8, 4) is 0 Å². The number of aromatic nitrogens is 2. The number of nitrogens with zero attached hydrogens (tertiary/aromatic N) is 2. The minimum atomic E-state index is -0.740. The molecule has 4 nitrogen and oxygen atoms in total. The highest BCUT2D eigenvalue weighted by molar-refractivity contribution is 5.66. The van der Waals surface area contributed by atoms with Crippen LogP contribution in [0, 0.1) is 0 Å². The molecule has 0 aliphatic heterocycles. The highest BCUT2D eigenvalue weighted by Crippen LogP contribution is 1.90. The minimum Gasteiger partial charge on any atom is -0.481 e. The Kier molecular flexibility index (Phi) is 3.91. The summed E-state index contributed by atoms with van der Waals surface area (Å²) in [7, 11) is 0. The number of aliphatic carboxylic acids is 1. The molecule has 1 rings (SSSR count). The molecule has 1 heterocycles. The number of carbonyl (C=O) groups is 1. The van der Waals surface area contributed by atoms with E-state index in [0.29, 0.717) is 6.42 Å². The third-order valence-electron chi connectivity index (χ3n) is 1.89. The van der Waals surface area contributed by atoms with Gasteiger partial charge in [-0.25, -0.2) is 9.13 Å². The van der Waals surface area contributed by atoms with Crippen LogP contribution in [0.1, 0.15) is 12.8 Å². The Morgan fingerprint density at radius 2 is 2.43 bits per heavy atom. The summed E-state index contributed by atoms with van der Waals surface area (Å²) in [5.41, 5.74) is 0. The maximum Gasteiger partial charge on any atom is 0.303 e. The fourth-order valence-electron chi connectivity index (χ4n) is 1.24. The fraction of sp³-hybridized carbons (Fsp3) is 0.400. The van der Waals surface area contributed by atoms with Crippen LogP contribution in [0.5, 0.6) is 0 Å². The van der Waals surface area contributed by atoms with E-state index in [0.717, 1.165) is 13.1 Å². The summed E-state index contributed by atoms with van der Waals surface area (Å²) in [5.74, 6) is -0.740. The Morgan fingerprint density at radius 1 is 1.64 bits per heavy atom. The highest BCUT2D eigenvalue weighted by atomic mass is 16.4. The van der Waals surface area contributed by atoms with E-state index in [2.05, 4.69) is 6.58 Å². The first kappa shape index (κ1) is 10.5. The molecule has 0 radical (unpaired) electrons. The molecule has 0 unspecified atom stereocenters. The average Bonchev–Trinajstić information content (AvgIpc) is 2.53. The van der Waals surface area contributed by atoms with Crippen LogP contribution in [0.15, 0.2) is 31.4 Å². The number of carboxylic acids is 1. The van der Waals surface area contributed by atoms with Crippen LogP contribution in [0.4, 0.5) is 0 Å². The van der Waals surface area contributed by atoms with E-state index in [1.807, 2.05) is 33.9 Å². The molecule has 0 bridgehead atoms. The quantitative estimate of drug-likeness (QED) is 0.539. The van der Waals surface area contributed by atoms with Crippen molar-refractivity contribution in [1.82, 2.24) is 4.57 Å². The first-order valence-corrected chi connectivity index (χ1v) is 4.60. The van der Waals surface area contributed by atoms with Crippen molar-refractivity contribution in [2.45, 2.75) is 25.9 Å². The second-order valence-electron chi connectivity index (χ2n) is 3.13. The zero-order chi connectivity index (χ0) is 10.4. The Labute approximate surface area is 83.1 Å². The number of imidazole rings is 1. The standard InChI is InChI=1S/C10H14N2O2/c1-2-5-11-7-8-12(9-11)6-3-4-10(13)14/h2,7-9H,1,3-6H2/p+1. The highest BCUT2D eigenvalue weighted by Gasteiger charge is 2.03. The minimum absolute atomic E-state index is 0.222. The van der Waals surface area contributed by atoms with Crippen molar-refractivity contribution in [3.05, 3.63) is 31.4 Å². The van der Waals surface area contributed by atoms with Gasteiger partial charge in [0.15, 0.2) is 0 Å². The van der Waals surface area contributed by atoms with Gasteiger partial charge in [-0.3, -0.25) is 4.79 Å². The average molecular weight is 195 g/mol. The molecule has 1 aromatic heterocycles. The maximum atomic E-state index is 10.3. The molecule has 0 spiro atoms. The second kappa shape index (κ2) is 5.21. The topological polar surface area (TPSA) is 46.1 Å². The lowest BCUT2D eigenvalue weighted by Gasteiger charge is -1.93. The van der Waals surface area contributed by atoms with Gasteiger partial charge in [0.25, 0.3) is 0 Å². The lowest BCUT2D eigenvalue weighted by molar-refractivity contribution is -0.696. The van der Waals surface area contributed by atoms with E-state index in [1.165, 1.54) is 0 Å². The monoisotopic (exact) mass is 195 g/mol. The molecule has 0 aromatic carbocycles. The zero-order valence-corrected chi connectivity index (χ0v) is 8.09. The summed E-state index contributed by atoms with van der Waals surface area (Å²) < 4.78 is 3.97. The van der Waals surface area contributed by atoms with Crippen LogP contribution >= 0.6 is 0 Å². The number of hydrogen-bond acceptors (Lipinski definition) is 1. The Morgan fingerprint density at radius 3 is 3.07 bits per heavy atom. The molecule has 0 atom stereocenters. The van der Waals surface area contributed by atoms with Crippen molar-refractivity contribution < 1.29 is 14.5 Å². The van der Waals surface area contributed by atoms with Gasteiger partial charge in [0.05, 0.1) is 6.54 Å². The number of rotatable bonds is 6. The van der Waals surface area contributed by atoms with Crippen molar-refractivity contribution in [2.24, 2.45) is 0 Å². The van der Waals surface area contributed by atoms with Crippen LogP contribution in [-0.4, -0.2) is 15.6 Å². The maximum absolute atomic E-state index is 10.3. The van der Waals surface area contributed by atoms with Gasteiger partial charge in [-0.05, 0) is 6.42 Å². The van der Waals surface area contributed by atoms with Gasteiger partial charge >= 0.3 is 5.97 Å². The van der Waals surface area contributed by atoms with E-state index in [4.69, 9.17) is 5.11 Å². The first-order valence-electron chi connectivity index (χ1n) is 4.60. The van der Waals surface area contributed by atoms with Crippen LogP contribution in [-0.2, 0) is 17.9 Å². The van der Waals surface area contributed by atoms with Gasteiger partial charge in [0.2, 0.25) is 6.33 Å². The summed E-state index contributed by atoms with van der Waals surface area (Å²) >= 11 is 0. The van der Waals surface area contributed by atoms with Gasteiger partial charge in [-0.2, -0.15) is 0 Å². The van der Waals surface area contributed by atoms with Gasteiger partial charge in [-0.1, -0.05) is 12.7 Å². The van der Waals surface area contributed by atoms with Gasteiger partial charge in [0, 0.05) is 6.42 Å². The van der Waals surface area contributed by atoms with Gasteiger partial charge in [0.1, 0.15) is 18.9 Å². The lowest BCUT2D eigenvalue weighted by atomic mass is 10.3. The lowest BCUT2D eigenvalue weighted by Crippen LogP contribution is -2.31. The summed E-state index contributed by atoms with van der Waals surface area (Å²) in [6, 6.07) is 0. The molecule has 0 saturated heterocycles. The van der Waals surface area contributed by atoms with Crippen molar-refractivity contribution >= 4 is 5.97 Å². The largest absolute Gasteiger partial charge is 0.481 e. The number of carboxylic acid groups (broad SMARTS) is 1. The fourth-order valence-corrected chi connectivity index (χ4v) is 1.24. The van der Waals surface area contributed by atoms with E-state index in [9.17, 15) is 4.79 Å². The Hall–Kier alpha value is -1.58. The van der Waals surface area contributed by atoms with E-state index in [1.54, 1.807) is 0 Å². The van der Waals surface area contributed by atoms with Crippen LogP contribution < -0.4 is 4.57 Å². The van der Waals surface area contributed by atoms with Crippen molar-refractivity contribution in [3.63, 3.8) is 0 Å². The van der Waals surface area contributed by atoms with Gasteiger partial charge in [-0.15, -0.1) is 0 Å². The molecule has 0 aliphatic carbocycles. The molecular weight excluding hydrogens is 180 g/mol. The normalized spacial score (nSPS) is 10.0. The molecule has 1 N–H and O–H groups in total. The molecule has 0 saturated carbocycles. The molecule has 1 aromatic rings. The predicted octanol–water partition coefficient (Wildman–Crippen LogP) is 0.826. The molecular formula is C10H15N2O2+. The van der Waals surface area contributed by atoms with Crippen molar-refractivity contribution in [2.75, 3.05) is 0 Å². The molecule has 4 heteroatoms. The number of aryl methyl sites for hydroxylation is 1. The number of hydrogen-bond donors (Lipinski definition) is 1.